The van der Waals surface area contributed by atoms with Gasteiger partial charge < -0.3 is 0 Å². The smallest absolute Gasteiger partial charge is 0.192 e. The topological polar surface area (TPSA) is 54.0 Å². The van der Waals surface area contributed by atoms with Crippen molar-refractivity contribution in [3.05, 3.63) is 65.7 Å². The first-order chi connectivity index (χ1) is 10.9. The molecule has 0 amide bonds. The predicted molar refractivity (Wildman–Crippen MR) is 86.5 cm³/mol. The summed E-state index contributed by atoms with van der Waals surface area (Å²) in [6, 6.07) is 18.0. The van der Waals surface area contributed by atoms with Crippen LogP contribution in [0.1, 0.15) is 5.56 Å². The highest BCUT2D eigenvalue weighted by molar-refractivity contribution is 7.13. The molecule has 0 spiro atoms. The van der Waals surface area contributed by atoms with Gasteiger partial charge in [0.15, 0.2) is 11.5 Å². The Morgan fingerprint density at radius 3 is 2.64 bits per heavy atom. The lowest BCUT2D eigenvalue weighted by atomic mass is 10.0. The highest BCUT2D eigenvalue weighted by atomic mass is 32.1. The molecule has 4 nitrogen and oxygen atoms in total. The molecule has 0 bridgehead atoms. The summed E-state index contributed by atoms with van der Waals surface area (Å²) < 4.78 is 1.67. The Bertz CT molecular complexity index is 979. The van der Waals surface area contributed by atoms with Crippen LogP contribution >= 0.6 is 11.3 Å². The van der Waals surface area contributed by atoms with Gasteiger partial charge in [0.1, 0.15) is 11.6 Å². The molecule has 104 valence electrons. The molecule has 4 aromatic rings. The second-order valence-electron chi connectivity index (χ2n) is 4.76. The summed E-state index contributed by atoms with van der Waals surface area (Å²) in [5.41, 5.74) is 3.01. The second kappa shape index (κ2) is 5.10. The molecule has 0 saturated carbocycles. The van der Waals surface area contributed by atoms with E-state index >= 15 is 0 Å². The van der Waals surface area contributed by atoms with Crippen LogP contribution in [0.15, 0.2) is 60.1 Å². The molecule has 0 aliphatic carbocycles. The Labute approximate surface area is 130 Å². The lowest BCUT2D eigenvalue weighted by Gasteiger charge is -2.04. The van der Waals surface area contributed by atoms with Gasteiger partial charge in [-0.15, -0.1) is 16.4 Å². The van der Waals surface area contributed by atoms with E-state index in [0.717, 1.165) is 16.0 Å². The number of aromatic nitrogens is 3. The molecule has 0 aliphatic rings. The van der Waals surface area contributed by atoms with Gasteiger partial charge in [0, 0.05) is 11.8 Å². The van der Waals surface area contributed by atoms with Crippen molar-refractivity contribution in [3.63, 3.8) is 0 Å². The minimum absolute atomic E-state index is 0.545. The standard InChI is InChI=1S/C17H10N4S/c18-11-14-13(12-5-2-1-3-6-12)8-9-21-17(14)19-16(20-21)15-7-4-10-22-15/h1-10H. The zero-order chi connectivity index (χ0) is 14.9. The van der Waals surface area contributed by atoms with Gasteiger partial charge in [0.2, 0.25) is 0 Å². The average Bonchev–Trinajstić information content (AvgIpc) is 3.23. The fraction of sp³-hybridized carbons (Fsp3) is 0. The number of pyridine rings is 1. The minimum Gasteiger partial charge on any atom is -0.219 e. The Morgan fingerprint density at radius 1 is 1.05 bits per heavy atom. The van der Waals surface area contributed by atoms with E-state index in [2.05, 4.69) is 16.2 Å². The van der Waals surface area contributed by atoms with Crippen molar-refractivity contribution in [1.82, 2.24) is 14.6 Å². The molecule has 4 rings (SSSR count). The average molecular weight is 302 g/mol. The third-order valence-corrected chi connectivity index (χ3v) is 4.31. The molecule has 0 atom stereocenters. The highest BCUT2D eigenvalue weighted by Gasteiger charge is 2.14. The summed E-state index contributed by atoms with van der Waals surface area (Å²) in [5, 5.41) is 16.0. The number of benzene rings is 1. The largest absolute Gasteiger partial charge is 0.219 e. The molecular formula is C17H10N4S. The number of hydrogen-bond acceptors (Lipinski definition) is 4. The Hall–Kier alpha value is -2.97. The lowest BCUT2D eigenvalue weighted by molar-refractivity contribution is 0.965. The zero-order valence-corrected chi connectivity index (χ0v) is 12.3. The van der Waals surface area contributed by atoms with Crippen LogP contribution in [0.4, 0.5) is 0 Å². The van der Waals surface area contributed by atoms with E-state index in [-0.39, 0.29) is 0 Å². The monoisotopic (exact) mass is 302 g/mol. The Balaban J connectivity index is 1.97. The highest BCUT2D eigenvalue weighted by Crippen LogP contribution is 2.28. The van der Waals surface area contributed by atoms with Crippen LogP contribution in [0.5, 0.6) is 0 Å². The summed E-state index contributed by atoms with van der Waals surface area (Å²) in [5.74, 6) is 0.650. The maximum atomic E-state index is 9.59. The fourth-order valence-electron chi connectivity index (χ4n) is 2.43. The Morgan fingerprint density at radius 2 is 1.91 bits per heavy atom. The number of hydrogen-bond donors (Lipinski definition) is 0. The number of nitriles is 1. The quantitative estimate of drug-likeness (QED) is 0.562. The van der Waals surface area contributed by atoms with Crippen molar-refractivity contribution < 1.29 is 0 Å². The van der Waals surface area contributed by atoms with Gasteiger partial charge in [-0.2, -0.15) is 5.26 Å². The Kier molecular flexibility index (Phi) is 2.95. The van der Waals surface area contributed by atoms with Crippen LogP contribution in [0, 0.1) is 11.3 Å². The minimum atomic E-state index is 0.545. The van der Waals surface area contributed by atoms with E-state index in [1.807, 2.05) is 60.1 Å². The van der Waals surface area contributed by atoms with Crippen LogP contribution in [0.25, 0.3) is 27.5 Å². The first-order valence-corrected chi connectivity index (χ1v) is 7.63. The normalized spacial score (nSPS) is 10.7. The number of nitrogens with zero attached hydrogens (tertiary/aromatic N) is 4. The van der Waals surface area contributed by atoms with Gasteiger partial charge in [-0.05, 0) is 23.1 Å². The van der Waals surface area contributed by atoms with Crippen molar-refractivity contribution in [2.45, 2.75) is 0 Å². The second-order valence-corrected chi connectivity index (χ2v) is 5.71. The van der Waals surface area contributed by atoms with Crippen LogP contribution in [0.3, 0.4) is 0 Å². The third kappa shape index (κ3) is 1.98. The van der Waals surface area contributed by atoms with Crippen molar-refractivity contribution in [1.29, 1.82) is 5.26 Å². The summed E-state index contributed by atoms with van der Waals surface area (Å²) in [7, 11) is 0. The van der Waals surface area contributed by atoms with Crippen molar-refractivity contribution in [3.8, 4) is 27.9 Å². The first kappa shape index (κ1) is 12.7. The molecule has 22 heavy (non-hydrogen) atoms. The third-order valence-electron chi connectivity index (χ3n) is 3.44. The van der Waals surface area contributed by atoms with E-state index in [4.69, 9.17) is 0 Å². The van der Waals surface area contributed by atoms with Gasteiger partial charge in [0.05, 0.1) is 4.88 Å². The van der Waals surface area contributed by atoms with Gasteiger partial charge >= 0.3 is 0 Å². The summed E-state index contributed by atoms with van der Waals surface area (Å²) >= 11 is 1.58. The van der Waals surface area contributed by atoms with Crippen LogP contribution < -0.4 is 0 Å². The van der Waals surface area contributed by atoms with E-state index in [9.17, 15) is 5.26 Å². The number of fused-ring (bicyclic) bond motifs is 1. The predicted octanol–water partition coefficient (Wildman–Crippen LogP) is 4.00. The molecule has 3 aromatic heterocycles. The molecule has 0 radical (unpaired) electrons. The molecular weight excluding hydrogens is 292 g/mol. The molecule has 0 fully saturated rings. The van der Waals surface area contributed by atoms with E-state index in [1.165, 1.54) is 0 Å². The van der Waals surface area contributed by atoms with E-state index < -0.39 is 0 Å². The molecule has 0 N–H and O–H groups in total. The van der Waals surface area contributed by atoms with Crippen molar-refractivity contribution in [2.24, 2.45) is 0 Å². The maximum absolute atomic E-state index is 9.59. The number of rotatable bonds is 2. The molecule has 0 unspecified atom stereocenters. The van der Waals surface area contributed by atoms with E-state index in [1.54, 1.807) is 15.9 Å². The first-order valence-electron chi connectivity index (χ1n) is 6.75. The fourth-order valence-corrected chi connectivity index (χ4v) is 3.08. The summed E-state index contributed by atoms with van der Waals surface area (Å²) in [6.07, 6.45) is 1.85. The van der Waals surface area contributed by atoms with Crippen LogP contribution in [0.2, 0.25) is 0 Å². The maximum Gasteiger partial charge on any atom is 0.192 e. The molecule has 3 heterocycles. The molecule has 0 saturated heterocycles. The zero-order valence-electron chi connectivity index (χ0n) is 11.5. The molecule has 5 heteroatoms. The summed E-state index contributed by atoms with van der Waals surface area (Å²) in [4.78, 5) is 5.55. The van der Waals surface area contributed by atoms with E-state index in [0.29, 0.717) is 17.0 Å². The van der Waals surface area contributed by atoms with Gasteiger partial charge in [-0.3, -0.25) is 0 Å². The van der Waals surface area contributed by atoms with Crippen LogP contribution in [-0.2, 0) is 0 Å². The molecule has 1 aromatic carbocycles. The SMILES string of the molecule is N#Cc1c(-c2ccccc2)ccn2nc(-c3cccs3)nc12. The van der Waals surface area contributed by atoms with Gasteiger partial charge in [-0.25, -0.2) is 9.50 Å². The van der Waals surface area contributed by atoms with Crippen LogP contribution in [-0.4, -0.2) is 14.6 Å². The molecule has 0 aliphatic heterocycles. The number of thiophene rings is 1. The summed E-state index contributed by atoms with van der Waals surface area (Å²) in [6.45, 7) is 0. The van der Waals surface area contributed by atoms with Gasteiger partial charge in [0.25, 0.3) is 0 Å². The van der Waals surface area contributed by atoms with Crippen molar-refractivity contribution in [2.75, 3.05) is 0 Å². The lowest BCUT2D eigenvalue weighted by Crippen LogP contribution is -1.93. The van der Waals surface area contributed by atoms with Gasteiger partial charge in [-0.1, -0.05) is 36.4 Å². The van der Waals surface area contributed by atoms with Crippen molar-refractivity contribution >= 4 is 17.0 Å².